The van der Waals surface area contributed by atoms with Crippen LogP contribution in [0.15, 0.2) is 18.2 Å². The second-order valence-corrected chi connectivity index (χ2v) is 6.14. The van der Waals surface area contributed by atoms with E-state index in [-0.39, 0.29) is 0 Å². The van der Waals surface area contributed by atoms with E-state index in [1.165, 1.54) is 0 Å². The minimum atomic E-state index is 0.538. The number of fused-ring (bicyclic) bond motifs is 1. The highest BCUT2D eigenvalue weighted by molar-refractivity contribution is 6.31. The third-order valence-electron chi connectivity index (χ3n) is 3.67. The summed E-state index contributed by atoms with van der Waals surface area (Å²) >= 11 is 11.9. The number of hydrogen-bond acceptors (Lipinski definition) is 2. The SMILES string of the molecule is CC(C)N(C)CCn1c(CCCl)nc2cc(Cl)ccc21. The van der Waals surface area contributed by atoms with Crippen LogP contribution in [0.3, 0.4) is 0 Å². The Morgan fingerprint density at radius 3 is 2.75 bits per heavy atom. The number of aryl methyl sites for hydroxylation is 1. The Morgan fingerprint density at radius 1 is 1.35 bits per heavy atom. The maximum absolute atomic E-state index is 6.04. The fourth-order valence-corrected chi connectivity index (χ4v) is 2.53. The average Bonchev–Trinajstić information content (AvgIpc) is 2.72. The number of benzene rings is 1. The van der Waals surface area contributed by atoms with Crippen molar-refractivity contribution in [3.63, 3.8) is 0 Å². The lowest BCUT2D eigenvalue weighted by Gasteiger charge is -2.21. The molecule has 0 spiro atoms. The van der Waals surface area contributed by atoms with Gasteiger partial charge in [0.1, 0.15) is 5.82 Å². The lowest BCUT2D eigenvalue weighted by molar-refractivity contribution is 0.263. The fraction of sp³-hybridized carbons (Fsp3) is 0.533. The lowest BCUT2D eigenvalue weighted by Crippen LogP contribution is -2.30. The molecule has 3 nitrogen and oxygen atoms in total. The summed E-state index contributed by atoms with van der Waals surface area (Å²) in [5, 5.41) is 0.721. The zero-order chi connectivity index (χ0) is 14.7. The maximum atomic E-state index is 6.04. The number of rotatable bonds is 6. The van der Waals surface area contributed by atoms with Crippen molar-refractivity contribution in [2.45, 2.75) is 32.9 Å². The third-order valence-corrected chi connectivity index (χ3v) is 4.09. The molecule has 0 bridgehead atoms. The summed E-state index contributed by atoms with van der Waals surface area (Å²) in [6.45, 7) is 6.30. The Labute approximate surface area is 130 Å². The molecule has 110 valence electrons. The van der Waals surface area contributed by atoms with Crippen LogP contribution in [0.25, 0.3) is 11.0 Å². The molecule has 0 aliphatic heterocycles. The Balaban J connectivity index is 2.31. The van der Waals surface area contributed by atoms with E-state index in [1.807, 2.05) is 18.2 Å². The van der Waals surface area contributed by atoms with Gasteiger partial charge in [-0.3, -0.25) is 0 Å². The van der Waals surface area contributed by atoms with Crippen molar-refractivity contribution in [3.05, 3.63) is 29.0 Å². The smallest absolute Gasteiger partial charge is 0.111 e. The van der Waals surface area contributed by atoms with Gasteiger partial charge >= 0.3 is 0 Å². The van der Waals surface area contributed by atoms with Gasteiger partial charge in [0.2, 0.25) is 0 Å². The first-order valence-electron chi connectivity index (χ1n) is 6.93. The lowest BCUT2D eigenvalue weighted by atomic mass is 10.3. The summed E-state index contributed by atoms with van der Waals surface area (Å²) in [5.74, 6) is 1.62. The summed E-state index contributed by atoms with van der Waals surface area (Å²) in [6.07, 6.45) is 0.777. The summed E-state index contributed by atoms with van der Waals surface area (Å²) in [4.78, 5) is 6.99. The maximum Gasteiger partial charge on any atom is 0.111 e. The molecule has 0 aliphatic carbocycles. The minimum absolute atomic E-state index is 0.538. The third kappa shape index (κ3) is 3.46. The van der Waals surface area contributed by atoms with E-state index in [2.05, 4.69) is 35.3 Å². The fourth-order valence-electron chi connectivity index (χ4n) is 2.19. The molecule has 5 heteroatoms. The second-order valence-electron chi connectivity index (χ2n) is 5.33. The highest BCUT2D eigenvalue weighted by atomic mass is 35.5. The van der Waals surface area contributed by atoms with Gasteiger partial charge < -0.3 is 9.47 Å². The van der Waals surface area contributed by atoms with Crippen LogP contribution in [0.2, 0.25) is 5.02 Å². The molecule has 0 atom stereocenters. The van der Waals surface area contributed by atoms with Gasteiger partial charge in [-0.2, -0.15) is 0 Å². The number of likely N-dealkylation sites (N-methyl/N-ethyl adjacent to an activating group) is 1. The van der Waals surface area contributed by atoms with E-state index in [0.29, 0.717) is 11.9 Å². The summed E-state index contributed by atoms with van der Waals surface area (Å²) < 4.78 is 2.26. The van der Waals surface area contributed by atoms with Crippen molar-refractivity contribution < 1.29 is 0 Å². The Kier molecular flexibility index (Phi) is 5.30. The van der Waals surface area contributed by atoms with E-state index < -0.39 is 0 Å². The van der Waals surface area contributed by atoms with Gasteiger partial charge in [0.15, 0.2) is 0 Å². The van der Waals surface area contributed by atoms with E-state index in [9.17, 15) is 0 Å². The number of aromatic nitrogens is 2. The normalized spacial score (nSPS) is 11.9. The molecule has 0 N–H and O–H groups in total. The van der Waals surface area contributed by atoms with Crippen molar-refractivity contribution >= 4 is 34.2 Å². The van der Waals surface area contributed by atoms with Crippen LogP contribution >= 0.6 is 23.2 Å². The predicted molar refractivity (Wildman–Crippen MR) is 86.9 cm³/mol. The zero-order valence-electron chi connectivity index (χ0n) is 12.2. The van der Waals surface area contributed by atoms with Gasteiger partial charge in [0, 0.05) is 36.5 Å². The number of hydrogen-bond donors (Lipinski definition) is 0. The van der Waals surface area contributed by atoms with Gasteiger partial charge in [-0.05, 0) is 39.1 Å². The molecular weight excluding hydrogens is 293 g/mol. The molecule has 20 heavy (non-hydrogen) atoms. The van der Waals surface area contributed by atoms with Gasteiger partial charge in [-0.25, -0.2) is 4.98 Å². The molecule has 2 rings (SSSR count). The molecule has 0 amide bonds. The number of alkyl halides is 1. The largest absolute Gasteiger partial charge is 0.327 e. The monoisotopic (exact) mass is 313 g/mol. The van der Waals surface area contributed by atoms with Crippen molar-refractivity contribution in [1.82, 2.24) is 14.5 Å². The quantitative estimate of drug-likeness (QED) is 0.756. The van der Waals surface area contributed by atoms with Crippen LogP contribution in [0.4, 0.5) is 0 Å². The van der Waals surface area contributed by atoms with Crippen LogP contribution in [0.1, 0.15) is 19.7 Å². The Bertz CT molecular complexity index is 578. The van der Waals surface area contributed by atoms with Crippen LogP contribution in [0, 0.1) is 0 Å². The van der Waals surface area contributed by atoms with Crippen LogP contribution < -0.4 is 0 Å². The van der Waals surface area contributed by atoms with Gasteiger partial charge in [0.25, 0.3) is 0 Å². The molecule has 0 saturated carbocycles. The molecule has 0 fully saturated rings. The molecule has 0 unspecified atom stereocenters. The molecule has 2 aromatic rings. The zero-order valence-corrected chi connectivity index (χ0v) is 13.7. The molecule has 0 radical (unpaired) electrons. The van der Waals surface area contributed by atoms with Gasteiger partial charge in [0.05, 0.1) is 11.0 Å². The highest BCUT2D eigenvalue weighted by Crippen LogP contribution is 2.21. The standard InChI is InChI=1S/C15H21Cl2N3/c1-11(2)19(3)8-9-20-14-5-4-12(17)10-13(14)18-15(20)6-7-16/h4-5,10-11H,6-9H2,1-3H3. The van der Waals surface area contributed by atoms with Crippen LogP contribution in [0.5, 0.6) is 0 Å². The first-order chi connectivity index (χ1) is 9.52. The number of imidazole rings is 1. The molecule has 1 aromatic heterocycles. The van der Waals surface area contributed by atoms with Crippen molar-refractivity contribution in [2.75, 3.05) is 19.5 Å². The molecule has 0 aliphatic rings. The van der Waals surface area contributed by atoms with Gasteiger partial charge in [-0.15, -0.1) is 11.6 Å². The second kappa shape index (κ2) is 6.79. The first kappa shape index (κ1) is 15.6. The number of halogens is 2. The Hall–Kier alpha value is -0.770. The van der Waals surface area contributed by atoms with E-state index >= 15 is 0 Å². The predicted octanol–water partition coefficient (Wildman–Crippen LogP) is 3.81. The summed E-state index contributed by atoms with van der Waals surface area (Å²) in [5.41, 5.74) is 2.08. The Morgan fingerprint density at radius 2 is 2.10 bits per heavy atom. The summed E-state index contributed by atoms with van der Waals surface area (Å²) in [6, 6.07) is 6.41. The van der Waals surface area contributed by atoms with E-state index in [0.717, 1.165) is 41.4 Å². The van der Waals surface area contributed by atoms with Crippen LogP contribution in [-0.2, 0) is 13.0 Å². The van der Waals surface area contributed by atoms with Crippen molar-refractivity contribution in [2.24, 2.45) is 0 Å². The van der Waals surface area contributed by atoms with Crippen LogP contribution in [-0.4, -0.2) is 40.0 Å². The first-order valence-corrected chi connectivity index (χ1v) is 7.85. The average molecular weight is 314 g/mol. The topological polar surface area (TPSA) is 21.1 Å². The van der Waals surface area contributed by atoms with Gasteiger partial charge in [-0.1, -0.05) is 11.6 Å². The minimum Gasteiger partial charge on any atom is -0.327 e. The highest BCUT2D eigenvalue weighted by Gasteiger charge is 2.12. The molecule has 1 heterocycles. The van der Waals surface area contributed by atoms with E-state index in [1.54, 1.807) is 0 Å². The van der Waals surface area contributed by atoms with E-state index in [4.69, 9.17) is 23.2 Å². The molecular formula is C15H21Cl2N3. The van der Waals surface area contributed by atoms with Crippen molar-refractivity contribution in [1.29, 1.82) is 0 Å². The van der Waals surface area contributed by atoms with Crippen molar-refractivity contribution in [3.8, 4) is 0 Å². The molecule has 1 aromatic carbocycles. The molecule has 0 saturated heterocycles. The number of nitrogens with zero attached hydrogens (tertiary/aromatic N) is 3. The summed E-state index contributed by atoms with van der Waals surface area (Å²) in [7, 11) is 2.14.